The van der Waals surface area contributed by atoms with Crippen LogP contribution < -0.4 is 5.32 Å². The zero-order valence-electron chi connectivity index (χ0n) is 12.7. The summed E-state index contributed by atoms with van der Waals surface area (Å²) >= 11 is 0. The van der Waals surface area contributed by atoms with E-state index in [0.29, 0.717) is 25.5 Å². The zero-order chi connectivity index (χ0) is 16.2. The van der Waals surface area contributed by atoms with Crippen LogP contribution in [0.1, 0.15) is 5.56 Å². The molecule has 0 unspecified atom stereocenters. The molecule has 2 heterocycles. The fourth-order valence-corrected chi connectivity index (χ4v) is 2.49. The number of amides is 2. The number of carbonyl (C=O) groups is 2. The van der Waals surface area contributed by atoms with E-state index in [1.54, 1.807) is 17.4 Å². The lowest BCUT2D eigenvalue weighted by Crippen LogP contribution is -2.53. The van der Waals surface area contributed by atoms with Gasteiger partial charge in [-0.1, -0.05) is 36.9 Å². The molecule has 3 rings (SSSR count). The molecule has 1 aromatic heterocycles. The minimum Gasteiger partial charge on any atom is -0.337 e. The number of aromatic nitrogens is 2. The zero-order valence-corrected chi connectivity index (χ0v) is 12.7. The van der Waals surface area contributed by atoms with Crippen molar-refractivity contribution >= 4 is 17.6 Å². The third-order valence-electron chi connectivity index (χ3n) is 3.83. The Bertz CT molecular complexity index is 717. The number of carbonyl (C=O) groups excluding carboxylic acids is 2. The standard InChI is InChI=1S/C17H18N4O2/c1-2-16(22)21-9-14(10-21)17(23)19-15-11-20(12-18-15)8-13-6-4-3-5-7-13/h2-7,11-12,14H,1,8-10H2,(H,19,23). The highest BCUT2D eigenvalue weighted by atomic mass is 16.2. The van der Waals surface area contributed by atoms with E-state index in [-0.39, 0.29) is 17.7 Å². The molecule has 0 aliphatic carbocycles. The van der Waals surface area contributed by atoms with Crippen LogP contribution >= 0.6 is 0 Å². The second-order valence-corrected chi connectivity index (χ2v) is 5.55. The van der Waals surface area contributed by atoms with Gasteiger partial charge in [-0.2, -0.15) is 0 Å². The number of nitrogens with one attached hydrogen (secondary N) is 1. The maximum Gasteiger partial charge on any atom is 0.246 e. The molecule has 1 saturated heterocycles. The lowest BCUT2D eigenvalue weighted by Gasteiger charge is -2.37. The van der Waals surface area contributed by atoms with Crippen molar-refractivity contribution in [1.82, 2.24) is 14.5 Å². The van der Waals surface area contributed by atoms with Gasteiger partial charge < -0.3 is 14.8 Å². The van der Waals surface area contributed by atoms with Crippen molar-refractivity contribution in [3.63, 3.8) is 0 Å². The molecule has 23 heavy (non-hydrogen) atoms. The van der Waals surface area contributed by atoms with Crippen molar-refractivity contribution in [2.24, 2.45) is 5.92 Å². The molecule has 1 aliphatic rings. The molecule has 118 valence electrons. The van der Waals surface area contributed by atoms with E-state index >= 15 is 0 Å². The van der Waals surface area contributed by atoms with Gasteiger partial charge in [0.1, 0.15) is 0 Å². The van der Waals surface area contributed by atoms with Crippen LogP contribution in [-0.4, -0.2) is 39.4 Å². The molecule has 0 atom stereocenters. The Balaban J connectivity index is 1.52. The summed E-state index contributed by atoms with van der Waals surface area (Å²) in [5.74, 6) is 0.0989. The molecule has 6 nitrogen and oxygen atoms in total. The van der Waals surface area contributed by atoms with Gasteiger partial charge >= 0.3 is 0 Å². The minimum atomic E-state index is -0.182. The van der Waals surface area contributed by atoms with Crippen molar-refractivity contribution in [2.75, 3.05) is 18.4 Å². The Hall–Kier alpha value is -2.89. The summed E-state index contributed by atoms with van der Waals surface area (Å²) in [4.78, 5) is 29.2. The Kier molecular flexibility index (Phi) is 4.23. The summed E-state index contributed by atoms with van der Waals surface area (Å²) in [5, 5.41) is 2.79. The fourth-order valence-electron chi connectivity index (χ4n) is 2.49. The molecule has 2 aromatic rings. The van der Waals surface area contributed by atoms with Gasteiger partial charge in [-0.05, 0) is 11.6 Å². The van der Waals surface area contributed by atoms with E-state index < -0.39 is 0 Å². The van der Waals surface area contributed by atoms with E-state index in [1.165, 1.54) is 11.6 Å². The maximum atomic E-state index is 12.1. The Morgan fingerprint density at radius 3 is 2.74 bits per heavy atom. The van der Waals surface area contributed by atoms with E-state index in [1.807, 2.05) is 34.9 Å². The van der Waals surface area contributed by atoms with Crippen LogP contribution in [0, 0.1) is 5.92 Å². The Labute approximate surface area is 134 Å². The first-order chi connectivity index (χ1) is 11.2. The van der Waals surface area contributed by atoms with Crippen LogP contribution in [0.15, 0.2) is 55.5 Å². The number of hydrogen-bond acceptors (Lipinski definition) is 3. The molecular formula is C17H18N4O2. The summed E-state index contributed by atoms with van der Waals surface area (Å²) in [6.07, 6.45) is 4.76. The van der Waals surface area contributed by atoms with Crippen LogP contribution in [0.5, 0.6) is 0 Å². The highest BCUT2D eigenvalue weighted by Crippen LogP contribution is 2.18. The number of anilines is 1. The van der Waals surface area contributed by atoms with Crippen molar-refractivity contribution in [1.29, 1.82) is 0 Å². The number of imidazole rings is 1. The average molecular weight is 310 g/mol. The van der Waals surface area contributed by atoms with Crippen LogP contribution in [0.4, 0.5) is 5.82 Å². The van der Waals surface area contributed by atoms with E-state index in [4.69, 9.17) is 0 Å². The van der Waals surface area contributed by atoms with Crippen LogP contribution in [0.3, 0.4) is 0 Å². The highest BCUT2D eigenvalue weighted by molar-refractivity contribution is 5.95. The van der Waals surface area contributed by atoms with Gasteiger partial charge in [0.15, 0.2) is 5.82 Å². The van der Waals surface area contributed by atoms with Crippen LogP contribution in [0.25, 0.3) is 0 Å². The van der Waals surface area contributed by atoms with Gasteiger partial charge in [0, 0.05) is 25.8 Å². The molecule has 6 heteroatoms. The predicted molar refractivity (Wildman–Crippen MR) is 86.7 cm³/mol. The monoisotopic (exact) mass is 310 g/mol. The molecule has 0 bridgehead atoms. The van der Waals surface area contributed by atoms with Gasteiger partial charge in [-0.15, -0.1) is 0 Å². The third-order valence-corrected chi connectivity index (χ3v) is 3.83. The summed E-state index contributed by atoms with van der Waals surface area (Å²) in [7, 11) is 0. The number of hydrogen-bond donors (Lipinski definition) is 1. The quantitative estimate of drug-likeness (QED) is 0.851. The number of nitrogens with zero attached hydrogens (tertiary/aromatic N) is 3. The van der Waals surface area contributed by atoms with Gasteiger partial charge in [0.25, 0.3) is 0 Å². The number of benzene rings is 1. The van der Waals surface area contributed by atoms with Gasteiger partial charge in [-0.25, -0.2) is 4.98 Å². The summed E-state index contributed by atoms with van der Waals surface area (Å²) in [6, 6.07) is 10.0. The first-order valence-corrected chi connectivity index (χ1v) is 7.43. The smallest absolute Gasteiger partial charge is 0.246 e. The van der Waals surface area contributed by atoms with Crippen molar-refractivity contribution < 1.29 is 9.59 Å². The molecule has 2 amide bonds. The first-order valence-electron chi connectivity index (χ1n) is 7.43. The van der Waals surface area contributed by atoms with E-state index in [0.717, 1.165) is 0 Å². The molecule has 1 aliphatic heterocycles. The lowest BCUT2D eigenvalue weighted by atomic mass is 9.99. The van der Waals surface area contributed by atoms with Gasteiger partial charge in [0.05, 0.1) is 12.2 Å². The van der Waals surface area contributed by atoms with Crippen molar-refractivity contribution in [3.05, 3.63) is 61.1 Å². The van der Waals surface area contributed by atoms with Gasteiger partial charge in [0.2, 0.25) is 11.8 Å². The summed E-state index contributed by atoms with van der Waals surface area (Å²) in [5.41, 5.74) is 1.17. The second-order valence-electron chi connectivity index (χ2n) is 5.55. The van der Waals surface area contributed by atoms with Gasteiger partial charge in [-0.3, -0.25) is 9.59 Å². The molecule has 0 saturated carbocycles. The second kappa shape index (κ2) is 6.48. The van der Waals surface area contributed by atoms with Crippen molar-refractivity contribution in [2.45, 2.75) is 6.54 Å². The predicted octanol–water partition coefficient (Wildman–Crippen LogP) is 1.51. The topological polar surface area (TPSA) is 67.2 Å². The highest BCUT2D eigenvalue weighted by Gasteiger charge is 2.34. The Morgan fingerprint density at radius 2 is 2.04 bits per heavy atom. The van der Waals surface area contributed by atoms with E-state index in [2.05, 4.69) is 16.9 Å². The molecule has 0 radical (unpaired) electrons. The molecule has 1 fully saturated rings. The normalized spacial score (nSPS) is 14.2. The minimum absolute atomic E-state index is 0.108. The fraction of sp³-hybridized carbons (Fsp3) is 0.235. The largest absolute Gasteiger partial charge is 0.337 e. The van der Waals surface area contributed by atoms with Crippen LogP contribution in [-0.2, 0) is 16.1 Å². The Morgan fingerprint density at radius 1 is 1.30 bits per heavy atom. The molecular weight excluding hydrogens is 292 g/mol. The lowest BCUT2D eigenvalue weighted by molar-refractivity contribution is -0.137. The average Bonchev–Trinajstić information content (AvgIpc) is 2.93. The molecule has 1 aromatic carbocycles. The van der Waals surface area contributed by atoms with Crippen LogP contribution in [0.2, 0.25) is 0 Å². The maximum absolute atomic E-state index is 12.1. The third kappa shape index (κ3) is 3.48. The number of likely N-dealkylation sites (tertiary alicyclic amines) is 1. The molecule has 1 N–H and O–H groups in total. The summed E-state index contributed by atoms with van der Waals surface area (Å²) < 4.78 is 1.92. The SMILES string of the molecule is C=CC(=O)N1CC(C(=O)Nc2cn(Cc3ccccc3)cn2)C1. The first kappa shape index (κ1) is 15.0. The van der Waals surface area contributed by atoms with E-state index in [9.17, 15) is 9.59 Å². The molecule has 0 spiro atoms. The summed E-state index contributed by atoms with van der Waals surface area (Å²) in [6.45, 7) is 5.00. The number of rotatable bonds is 5. The van der Waals surface area contributed by atoms with Crippen molar-refractivity contribution in [3.8, 4) is 0 Å².